The van der Waals surface area contributed by atoms with E-state index in [1.54, 1.807) is 6.92 Å². The normalized spacial score (nSPS) is 17.2. The van der Waals surface area contributed by atoms with Crippen molar-refractivity contribution >= 4 is 40.7 Å². The Morgan fingerprint density at radius 1 is 0.886 bits per heavy atom. The van der Waals surface area contributed by atoms with E-state index < -0.39 is 11.8 Å². The maximum Gasteiger partial charge on any atom is 0.234 e. The first-order valence-electron chi connectivity index (χ1n) is 11.1. The molecule has 174 valence electrons. The van der Waals surface area contributed by atoms with Crippen molar-refractivity contribution in [1.82, 2.24) is 0 Å². The van der Waals surface area contributed by atoms with Crippen LogP contribution in [0.5, 0.6) is 0 Å². The predicted octanol–water partition coefficient (Wildman–Crippen LogP) is 5.61. The third-order valence-electron chi connectivity index (χ3n) is 5.60. The van der Waals surface area contributed by atoms with Gasteiger partial charge in [0.05, 0.1) is 23.3 Å². The molecule has 35 heavy (non-hydrogen) atoms. The van der Waals surface area contributed by atoms with Crippen molar-refractivity contribution in [3.63, 3.8) is 0 Å². The van der Waals surface area contributed by atoms with Gasteiger partial charge < -0.3 is 10.6 Å². The van der Waals surface area contributed by atoms with E-state index >= 15 is 0 Å². The van der Waals surface area contributed by atoms with Gasteiger partial charge in [-0.25, -0.2) is 4.99 Å². The molecule has 0 spiro atoms. The average Bonchev–Trinajstić information content (AvgIpc) is 2.88. The van der Waals surface area contributed by atoms with Gasteiger partial charge in [-0.1, -0.05) is 78.5 Å². The fraction of sp³-hybridized carbons (Fsp3) is 0.143. The van der Waals surface area contributed by atoms with Crippen LogP contribution in [0.4, 0.5) is 11.4 Å². The molecular formula is C28H24N4O2S. The molecule has 1 aliphatic rings. The molecule has 7 heteroatoms. The predicted molar refractivity (Wildman–Crippen MR) is 141 cm³/mol. The largest absolute Gasteiger partial charge is 0.325 e. The number of para-hydroxylation sites is 2. The fourth-order valence-electron chi connectivity index (χ4n) is 4.01. The highest BCUT2D eigenvalue weighted by atomic mass is 32.2. The zero-order chi connectivity index (χ0) is 24.6. The zero-order valence-corrected chi connectivity index (χ0v) is 20.0. The number of hydrogen-bond donors (Lipinski definition) is 2. The highest BCUT2D eigenvalue weighted by molar-refractivity contribution is 8.03. The smallest absolute Gasteiger partial charge is 0.234 e. The summed E-state index contributed by atoms with van der Waals surface area (Å²) in [6, 6.07) is 30.2. The van der Waals surface area contributed by atoms with Crippen LogP contribution in [0.25, 0.3) is 0 Å². The summed E-state index contributed by atoms with van der Waals surface area (Å²) in [4.78, 5) is 30.5. The number of carbonyl (C=O) groups is 2. The number of hydrogen-bond acceptors (Lipinski definition) is 5. The lowest BCUT2D eigenvalue weighted by atomic mass is 9.77. The number of benzene rings is 3. The Labute approximate surface area is 208 Å². The second-order valence-electron chi connectivity index (χ2n) is 8.01. The number of thioether (sulfide) groups is 1. The van der Waals surface area contributed by atoms with Gasteiger partial charge in [0.2, 0.25) is 11.8 Å². The van der Waals surface area contributed by atoms with Crippen LogP contribution >= 0.6 is 11.8 Å². The summed E-state index contributed by atoms with van der Waals surface area (Å²) in [5.41, 5.74) is 3.20. The van der Waals surface area contributed by atoms with E-state index in [0.717, 1.165) is 5.56 Å². The van der Waals surface area contributed by atoms with Crippen molar-refractivity contribution in [1.29, 1.82) is 5.26 Å². The minimum absolute atomic E-state index is 0.0918. The first-order chi connectivity index (χ1) is 17.1. The molecule has 0 saturated carbocycles. The lowest BCUT2D eigenvalue weighted by Crippen LogP contribution is -2.36. The number of rotatable bonds is 7. The van der Waals surface area contributed by atoms with Crippen LogP contribution in [0, 0.1) is 17.2 Å². The van der Waals surface area contributed by atoms with Crippen molar-refractivity contribution in [3.05, 3.63) is 107 Å². The second-order valence-corrected chi connectivity index (χ2v) is 8.97. The number of allylic oxidation sites excluding steroid dienone is 1. The second kappa shape index (κ2) is 11.3. The monoisotopic (exact) mass is 480 g/mol. The molecule has 0 fully saturated rings. The van der Waals surface area contributed by atoms with Crippen LogP contribution in [0.2, 0.25) is 0 Å². The Bertz CT molecular complexity index is 1300. The Morgan fingerprint density at radius 2 is 1.43 bits per heavy atom. The Kier molecular flexibility index (Phi) is 7.76. The van der Waals surface area contributed by atoms with E-state index in [0.29, 0.717) is 27.7 Å². The third-order valence-corrected chi connectivity index (χ3v) is 6.59. The van der Waals surface area contributed by atoms with E-state index in [9.17, 15) is 14.9 Å². The molecule has 2 N–H and O–H groups in total. The van der Waals surface area contributed by atoms with E-state index in [4.69, 9.17) is 0 Å². The van der Waals surface area contributed by atoms with Crippen molar-refractivity contribution in [3.8, 4) is 6.07 Å². The molecule has 0 aliphatic carbocycles. The number of nitrogens with one attached hydrogen (secondary N) is 2. The van der Waals surface area contributed by atoms with Gasteiger partial charge in [-0.2, -0.15) is 5.26 Å². The molecule has 3 aromatic carbocycles. The van der Waals surface area contributed by atoms with Crippen molar-refractivity contribution in [2.75, 3.05) is 16.4 Å². The first kappa shape index (κ1) is 24.0. The van der Waals surface area contributed by atoms with Gasteiger partial charge in [0, 0.05) is 23.0 Å². The van der Waals surface area contributed by atoms with E-state index in [-0.39, 0.29) is 17.6 Å². The molecule has 0 radical (unpaired) electrons. The summed E-state index contributed by atoms with van der Waals surface area (Å²) >= 11 is 1.20. The lowest BCUT2D eigenvalue weighted by Gasteiger charge is -2.31. The summed E-state index contributed by atoms with van der Waals surface area (Å²) in [7, 11) is 0. The minimum Gasteiger partial charge on any atom is -0.325 e. The van der Waals surface area contributed by atoms with Crippen molar-refractivity contribution in [2.24, 2.45) is 10.9 Å². The molecule has 6 nitrogen and oxygen atoms in total. The summed E-state index contributed by atoms with van der Waals surface area (Å²) in [5.74, 6) is -1.50. The molecule has 0 saturated heterocycles. The van der Waals surface area contributed by atoms with Crippen LogP contribution < -0.4 is 10.6 Å². The maximum atomic E-state index is 13.4. The summed E-state index contributed by atoms with van der Waals surface area (Å²) in [6.07, 6.45) is 0. The topological polar surface area (TPSA) is 94.3 Å². The van der Waals surface area contributed by atoms with Crippen molar-refractivity contribution in [2.45, 2.75) is 12.8 Å². The summed E-state index contributed by atoms with van der Waals surface area (Å²) < 4.78 is 0. The van der Waals surface area contributed by atoms with E-state index in [2.05, 4.69) is 21.7 Å². The molecular weight excluding hydrogens is 456 g/mol. The molecule has 0 bridgehead atoms. The number of anilines is 2. The molecule has 3 aromatic rings. The Morgan fingerprint density at radius 3 is 2.00 bits per heavy atom. The standard InChI is InChI=1S/C28H24N4O2S/c1-19-25(27(34)32-22-15-9-4-10-16-22)26(20-11-5-2-6-12-20)23(17-29)28(30-19)35-18-24(33)31-21-13-7-3-8-14-21/h2-16,25-26H,18H2,1H3,(H,31,33)(H,32,34)/t25?,26-/m0/s1. The molecule has 1 unspecified atom stereocenters. The first-order valence-corrected chi connectivity index (χ1v) is 12.1. The van der Waals surface area contributed by atoms with Gasteiger partial charge in [0.25, 0.3) is 0 Å². The van der Waals surface area contributed by atoms with Crippen LogP contribution in [-0.4, -0.2) is 23.3 Å². The van der Waals surface area contributed by atoms with Gasteiger partial charge in [0.1, 0.15) is 5.03 Å². The van der Waals surface area contributed by atoms with Crippen LogP contribution in [0.3, 0.4) is 0 Å². The Hall–Kier alpha value is -4.15. The number of amides is 2. The molecule has 0 aromatic heterocycles. The lowest BCUT2D eigenvalue weighted by molar-refractivity contribution is -0.118. The van der Waals surface area contributed by atoms with Crippen LogP contribution in [-0.2, 0) is 9.59 Å². The molecule has 2 amide bonds. The Balaban J connectivity index is 1.61. The highest BCUT2D eigenvalue weighted by Gasteiger charge is 2.39. The van der Waals surface area contributed by atoms with Gasteiger partial charge in [-0.3, -0.25) is 9.59 Å². The summed E-state index contributed by atoms with van der Waals surface area (Å²) in [6.45, 7) is 1.80. The van der Waals surface area contributed by atoms with Gasteiger partial charge in [-0.05, 0) is 36.8 Å². The molecule has 1 aliphatic heterocycles. The van der Waals surface area contributed by atoms with Gasteiger partial charge >= 0.3 is 0 Å². The molecule has 2 atom stereocenters. The van der Waals surface area contributed by atoms with Crippen LogP contribution in [0.1, 0.15) is 18.4 Å². The van der Waals surface area contributed by atoms with Gasteiger partial charge in [0.15, 0.2) is 0 Å². The SMILES string of the molecule is CC1=NC(SCC(=O)Nc2ccccc2)=C(C#N)[C@H](c2ccccc2)C1C(=O)Nc1ccccc1. The quantitative estimate of drug-likeness (QED) is 0.460. The molecule has 1 heterocycles. The number of aliphatic imine (C=N–C) groups is 1. The number of carbonyl (C=O) groups excluding carboxylic acids is 2. The maximum absolute atomic E-state index is 13.4. The summed E-state index contributed by atoms with van der Waals surface area (Å²) in [5, 5.41) is 16.4. The average molecular weight is 481 g/mol. The third kappa shape index (κ3) is 5.86. The van der Waals surface area contributed by atoms with Crippen LogP contribution in [0.15, 0.2) is 107 Å². The fourth-order valence-corrected chi connectivity index (χ4v) is 4.89. The molecule has 4 rings (SSSR count). The van der Waals surface area contributed by atoms with Gasteiger partial charge in [-0.15, -0.1) is 0 Å². The van der Waals surface area contributed by atoms with E-state index in [1.807, 2.05) is 91.0 Å². The number of nitriles is 1. The van der Waals surface area contributed by atoms with E-state index in [1.165, 1.54) is 11.8 Å². The highest BCUT2D eigenvalue weighted by Crippen LogP contribution is 2.42. The minimum atomic E-state index is -0.658. The van der Waals surface area contributed by atoms with Crippen molar-refractivity contribution < 1.29 is 9.59 Å². The zero-order valence-electron chi connectivity index (χ0n) is 19.1. The number of nitrogens with zero attached hydrogens (tertiary/aromatic N) is 2.